The molecule has 8 heteroatoms. The first kappa shape index (κ1) is 30.2. The number of carbonyl (C=O) groups excluding carboxylic acids is 1. The van der Waals surface area contributed by atoms with E-state index >= 15 is 0 Å². The van der Waals surface area contributed by atoms with Gasteiger partial charge in [0.25, 0.3) is 0 Å². The summed E-state index contributed by atoms with van der Waals surface area (Å²) in [7, 11) is 1.93. The van der Waals surface area contributed by atoms with Crippen LogP contribution in [0.15, 0.2) is 42.5 Å². The molecule has 4 N–H and O–H groups in total. The van der Waals surface area contributed by atoms with Gasteiger partial charge in [-0.05, 0) is 67.5 Å². The number of aliphatic hydroxyl groups is 3. The minimum absolute atomic E-state index is 0.0776. The molecule has 1 heterocycles. The Morgan fingerprint density at radius 3 is 2.50 bits per heavy atom. The van der Waals surface area contributed by atoms with E-state index in [1.54, 1.807) is 0 Å². The predicted molar refractivity (Wildman–Crippen MR) is 152 cm³/mol. The summed E-state index contributed by atoms with van der Waals surface area (Å²) in [5.41, 5.74) is 4.48. The maximum atomic E-state index is 12.0. The lowest BCUT2D eigenvalue weighted by molar-refractivity contribution is -0.199. The highest BCUT2D eigenvalue weighted by Crippen LogP contribution is 2.34. The first-order chi connectivity index (χ1) is 18.2. The van der Waals surface area contributed by atoms with Crippen LogP contribution in [0.5, 0.6) is 0 Å². The van der Waals surface area contributed by atoms with Crippen molar-refractivity contribution in [3.63, 3.8) is 0 Å². The number of carbonyl (C=O) groups is 1. The Bertz CT molecular complexity index is 1090. The molecule has 1 amide bonds. The number of likely N-dealkylation sites (N-methyl/N-ethyl adjacent to an activating group) is 1. The molecule has 5 atom stereocenters. The third-order valence-corrected chi connectivity index (χ3v) is 7.43. The molecule has 0 radical (unpaired) electrons. The van der Waals surface area contributed by atoms with Crippen LogP contribution in [0.1, 0.15) is 53.2 Å². The van der Waals surface area contributed by atoms with Gasteiger partial charge in [0.2, 0.25) is 5.91 Å². The van der Waals surface area contributed by atoms with Gasteiger partial charge in [0.1, 0.15) is 29.9 Å². The number of amides is 1. The zero-order chi connectivity index (χ0) is 27.7. The van der Waals surface area contributed by atoms with Crippen LogP contribution in [0.25, 0.3) is 0 Å². The topological polar surface area (TPSA) is 102 Å². The van der Waals surface area contributed by atoms with Crippen LogP contribution in [0.4, 0.5) is 0 Å². The molecule has 0 aromatic heterocycles. The van der Waals surface area contributed by atoms with E-state index < -0.39 is 29.9 Å². The minimum Gasteiger partial charge on any atom is -0.387 e. The number of rotatable bonds is 12. The molecule has 1 saturated heterocycles. The quantitative estimate of drug-likeness (QED) is 0.161. The molecular formula is C30H40N2O5S. The van der Waals surface area contributed by atoms with E-state index in [9.17, 15) is 20.1 Å². The lowest BCUT2D eigenvalue weighted by Gasteiger charge is -2.39. The van der Waals surface area contributed by atoms with Gasteiger partial charge in [-0.25, -0.2) is 0 Å². The summed E-state index contributed by atoms with van der Waals surface area (Å²) in [6, 6.07) is 14.3. The van der Waals surface area contributed by atoms with Crippen molar-refractivity contribution in [3.8, 4) is 12.3 Å². The van der Waals surface area contributed by atoms with Crippen LogP contribution in [0.2, 0.25) is 0 Å². The summed E-state index contributed by atoms with van der Waals surface area (Å²) in [5, 5.41) is 33.5. The summed E-state index contributed by atoms with van der Waals surface area (Å²) in [5.74, 6) is 2.66. The van der Waals surface area contributed by atoms with E-state index in [0.29, 0.717) is 19.5 Å². The summed E-state index contributed by atoms with van der Waals surface area (Å²) >= 11 is 4.20. The van der Waals surface area contributed by atoms with Gasteiger partial charge in [-0.15, -0.1) is 19.1 Å². The predicted octanol–water partition coefficient (Wildman–Crippen LogP) is 2.39. The summed E-state index contributed by atoms with van der Waals surface area (Å²) < 4.78 is 5.70. The van der Waals surface area contributed by atoms with E-state index in [4.69, 9.17) is 11.2 Å². The van der Waals surface area contributed by atoms with Crippen molar-refractivity contribution < 1.29 is 24.9 Å². The Balaban J connectivity index is 1.47. The van der Waals surface area contributed by atoms with Gasteiger partial charge in [0.05, 0.1) is 6.54 Å². The van der Waals surface area contributed by atoms with E-state index in [-0.39, 0.29) is 5.91 Å². The second-order valence-electron chi connectivity index (χ2n) is 10.1. The molecule has 206 valence electrons. The SMILES string of the molecule is C#CCN(C)CCNC(=O)CCCCc1ccc(Cc2cc([C@@H]3O[C@H](S)C(O)[C@H](O)C3O)ccc2C)cc1. The number of unbranched alkanes of at least 4 members (excludes halogenated alkanes) is 1. The number of ether oxygens (including phenoxy) is 1. The number of benzene rings is 2. The number of aryl methyl sites for hydroxylation is 2. The Kier molecular flexibility index (Phi) is 11.7. The molecule has 7 nitrogen and oxygen atoms in total. The number of hydrogen-bond donors (Lipinski definition) is 5. The van der Waals surface area contributed by atoms with Crippen LogP contribution in [0, 0.1) is 19.3 Å². The number of thiol groups is 1. The molecule has 2 aromatic rings. The first-order valence-electron chi connectivity index (χ1n) is 13.1. The first-order valence-corrected chi connectivity index (χ1v) is 13.6. The molecule has 2 unspecified atom stereocenters. The summed E-state index contributed by atoms with van der Waals surface area (Å²) in [6.45, 7) is 3.97. The monoisotopic (exact) mass is 540 g/mol. The molecule has 0 saturated carbocycles. The van der Waals surface area contributed by atoms with Crippen LogP contribution in [-0.2, 0) is 22.4 Å². The van der Waals surface area contributed by atoms with Gasteiger partial charge in [-0.2, -0.15) is 0 Å². The minimum atomic E-state index is -1.32. The zero-order valence-electron chi connectivity index (χ0n) is 22.2. The Hall–Kier alpha value is -2.38. The average Bonchev–Trinajstić information content (AvgIpc) is 2.90. The fourth-order valence-corrected chi connectivity index (χ4v) is 4.87. The Morgan fingerprint density at radius 2 is 1.79 bits per heavy atom. The van der Waals surface area contributed by atoms with Gasteiger partial charge >= 0.3 is 0 Å². The van der Waals surface area contributed by atoms with E-state index in [0.717, 1.165) is 54.5 Å². The van der Waals surface area contributed by atoms with Crippen molar-refractivity contribution in [1.82, 2.24) is 10.2 Å². The van der Waals surface area contributed by atoms with Gasteiger partial charge in [0.15, 0.2) is 0 Å². The van der Waals surface area contributed by atoms with Gasteiger partial charge in [-0.1, -0.05) is 48.4 Å². The zero-order valence-corrected chi connectivity index (χ0v) is 23.1. The molecule has 2 aromatic carbocycles. The molecule has 1 aliphatic heterocycles. The second kappa shape index (κ2) is 14.7. The maximum Gasteiger partial charge on any atom is 0.220 e. The smallest absolute Gasteiger partial charge is 0.220 e. The molecule has 0 aliphatic carbocycles. The summed E-state index contributed by atoms with van der Waals surface area (Å²) in [6.07, 6.45) is 4.64. The largest absolute Gasteiger partial charge is 0.387 e. The Labute approximate surface area is 231 Å². The third kappa shape index (κ3) is 8.57. The molecule has 1 aliphatic rings. The van der Waals surface area contributed by atoms with Gasteiger partial charge < -0.3 is 25.4 Å². The highest BCUT2D eigenvalue weighted by Gasteiger charge is 2.42. The third-order valence-electron chi connectivity index (χ3n) is 7.00. The van der Waals surface area contributed by atoms with Crippen molar-refractivity contribution in [2.45, 2.75) is 68.9 Å². The summed E-state index contributed by atoms with van der Waals surface area (Å²) in [4.78, 5) is 14.0. The van der Waals surface area contributed by atoms with Crippen LogP contribution < -0.4 is 5.32 Å². The molecule has 0 bridgehead atoms. The fraction of sp³-hybridized carbons (Fsp3) is 0.500. The lowest BCUT2D eigenvalue weighted by Crippen LogP contribution is -2.52. The van der Waals surface area contributed by atoms with Crippen LogP contribution >= 0.6 is 12.6 Å². The van der Waals surface area contributed by atoms with Crippen LogP contribution in [-0.4, -0.2) is 76.6 Å². The van der Waals surface area contributed by atoms with E-state index in [2.05, 4.69) is 48.1 Å². The number of hydrogen-bond acceptors (Lipinski definition) is 7. The van der Waals surface area contributed by atoms with Crippen molar-refractivity contribution in [1.29, 1.82) is 0 Å². The normalized spacial score (nSPS) is 23.3. The number of nitrogens with one attached hydrogen (secondary N) is 1. The average molecular weight is 541 g/mol. The van der Waals surface area contributed by atoms with Gasteiger partial charge in [-0.3, -0.25) is 9.69 Å². The second-order valence-corrected chi connectivity index (χ2v) is 10.6. The van der Waals surface area contributed by atoms with Crippen molar-refractivity contribution >= 4 is 18.5 Å². The molecule has 0 spiro atoms. The molecular weight excluding hydrogens is 500 g/mol. The molecule has 38 heavy (non-hydrogen) atoms. The van der Waals surface area contributed by atoms with Gasteiger partial charge in [0, 0.05) is 19.5 Å². The molecule has 3 rings (SSSR count). The van der Waals surface area contributed by atoms with Crippen molar-refractivity contribution in [2.24, 2.45) is 0 Å². The highest BCUT2D eigenvalue weighted by molar-refractivity contribution is 7.80. The standard InChI is InChI=1S/C30H40N2O5S/c1-4-16-32(3)17-15-31-25(33)8-6-5-7-21-10-12-22(13-11-21)18-24-19-23(14-9-20(24)2)29-27(35)26(34)28(36)30(38)37-29/h1,9-14,19,26-30,34-36,38H,5-8,15-18H2,2-3H3,(H,31,33)/t26-,27?,28?,29+,30-/m1/s1. The van der Waals surface area contributed by atoms with Crippen molar-refractivity contribution in [3.05, 3.63) is 70.3 Å². The maximum absolute atomic E-state index is 12.0. The van der Waals surface area contributed by atoms with Crippen molar-refractivity contribution in [2.75, 3.05) is 26.7 Å². The molecule has 1 fully saturated rings. The Morgan fingerprint density at radius 1 is 1.08 bits per heavy atom. The van der Waals surface area contributed by atoms with E-state index in [1.807, 2.05) is 37.1 Å². The number of nitrogens with zero attached hydrogens (tertiary/aromatic N) is 1. The highest BCUT2D eigenvalue weighted by atomic mass is 32.1. The number of terminal acetylenes is 1. The lowest BCUT2D eigenvalue weighted by atomic mass is 9.91. The van der Waals surface area contributed by atoms with Crippen LogP contribution in [0.3, 0.4) is 0 Å². The number of aliphatic hydroxyl groups excluding tert-OH is 3. The fourth-order valence-electron chi connectivity index (χ4n) is 4.56. The van der Waals surface area contributed by atoms with E-state index in [1.165, 1.54) is 5.56 Å².